The number of piperazine rings is 1. The summed E-state index contributed by atoms with van der Waals surface area (Å²) in [5, 5.41) is 9.42. The molecule has 0 aliphatic carbocycles. The maximum Gasteiger partial charge on any atom is 0.246 e. The van der Waals surface area contributed by atoms with Crippen LogP contribution in [0.2, 0.25) is 0 Å². The highest BCUT2D eigenvalue weighted by Crippen LogP contribution is 2.28. The predicted octanol–water partition coefficient (Wildman–Crippen LogP) is 1.24. The lowest BCUT2D eigenvalue weighted by Gasteiger charge is -2.48. The Balaban J connectivity index is 2.35. The Morgan fingerprint density at radius 1 is 1.37 bits per heavy atom. The van der Waals surface area contributed by atoms with Crippen LogP contribution in [0.3, 0.4) is 0 Å². The van der Waals surface area contributed by atoms with Crippen molar-refractivity contribution in [3.05, 3.63) is 30.1 Å². The number of benzene rings is 1. The molecule has 0 spiro atoms. The van der Waals surface area contributed by atoms with Gasteiger partial charge in [-0.15, -0.1) is 0 Å². The Labute approximate surface area is 112 Å². The molecule has 1 aromatic rings. The molecule has 0 saturated carbocycles. The zero-order valence-electron chi connectivity index (χ0n) is 11.4. The molecule has 1 saturated heterocycles. The summed E-state index contributed by atoms with van der Waals surface area (Å²) in [7, 11) is 1.83. The number of halogens is 1. The summed E-state index contributed by atoms with van der Waals surface area (Å²) < 4.78 is 13.0. The van der Waals surface area contributed by atoms with Crippen molar-refractivity contribution in [2.75, 3.05) is 25.1 Å². The molecule has 1 fully saturated rings. The van der Waals surface area contributed by atoms with Crippen LogP contribution in [0.5, 0.6) is 0 Å². The minimum Gasteiger partial charge on any atom is -0.394 e. The van der Waals surface area contributed by atoms with Crippen LogP contribution in [0.15, 0.2) is 24.3 Å². The largest absolute Gasteiger partial charge is 0.394 e. The van der Waals surface area contributed by atoms with E-state index in [1.54, 1.807) is 17.0 Å². The standard InChI is InChI=1S/C14H19FN2O2/c1-14(2)9-17(11-6-4-10(15)5-7-11)13(19)12(8-18)16(14)3/h4-7,12,18H,8-9H2,1-3H3. The SMILES string of the molecule is CN1C(CO)C(=O)N(c2ccc(F)cc2)CC1(C)C. The van der Waals surface area contributed by atoms with E-state index in [1.807, 2.05) is 25.8 Å². The van der Waals surface area contributed by atoms with E-state index in [9.17, 15) is 14.3 Å². The number of amides is 1. The number of anilines is 1. The van der Waals surface area contributed by atoms with Crippen LogP contribution in [0.25, 0.3) is 0 Å². The van der Waals surface area contributed by atoms with Gasteiger partial charge >= 0.3 is 0 Å². The van der Waals surface area contributed by atoms with Crippen molar-refractivity contribution < 1.29 is 14.3 Å². The van der Waals surface area contributed by atoms with E-state index >= 15 is 0 Å². The molecule has 4 nitrogen and oxygen atoms in total. The second kappa shape index (κ2) is 4.90. The van der Waals surface area contributed by atoms with Gasteiger partial charge in [0, 0.05) is 17.8 Å². The van der Waals surface area contributed by atoms with E-state index in [0.717, 1.165) is 0 Å². The second-order valence-electron chi connectivity index (χ2n) is 5.52. The molecule has 1 aliphatic rings. The van der Waals surface area contributed by atoms with Crippen molar-refractivity contribution in [2.24, 2.45) is 0 Å². The molecular formula is C14H19FN2O2. The normalized spacial score (nSPS) is 23.7. The quantitative estimate of drug-likeness (QED) is 0.876. The maximum absolute atomic E-state index is 13.0. The molecule has 2 rings (SSSR count). The molecule has 5 heteroatoms. The molecule has 1 N–H and O–H groups in total. The Morgan fingerprint density at radius 3 is 2.47 bits per heavy atom. The van der Waals surface area contributed by atoms with Gasteiger partial charge < -0.3 is 10.0 Å². The first-order chi connectivity index (χ1) is 8.86. The van der Waals surface area contributed by atoms with Crippen LogP contribution in [-0.2, 0) is 4.79 Å². The maximum atomic E-state index is 13.0. The zero-order chi connectivity index (χ0) is 14.2. The monoisotopic (exact) mass is 266 g/mol. The van der Waals surface area contributed by atoms with Crippen LogP contribution in [0, 0.1) is 5.82 Å². The average Bonchev–Trinajstić information content (AvgIpc) is 2.36. The summed E-state index contributed by atoms with van der Waals surface area (Å²) in [6, 6.07) is 5.28. The Hall–Kier alpha value is -1.46. The van der Waals surface area contributed by atoms with Gasteiger partial charge in [-0.3, -0.25) is 9.69 Å². The van der Waals surface area contributed by atoms with Gasteiger partial charge in [-0.2, -0.15) is 0 Å². The smallest absolute Gasteiger partial charge is 0.246 e. The molecule has 1 atom stereocenters. The molecule has 0 radical (unpaired) electrons. The van der Waals surface area contributed by atoms with Gasteiger partial charge in [-0.25, -0.2) is 4.39 Å². The number of hydrogen-bond acceptors (Lipinski definition) is 3. The van der Waals surface area contributed by atoms with Crippen LogP contribution in [0.1, 0.15) is 13.8 Å². The Bertz CT molecular complexity index is 473. The summed E-state index contributed by atoms with van der Waals surface area (Å²) in [4.78, 5) is 15.9. The van der Waals surface area contributed by atoms with E-state index in [2.05, 4.69) is 0 Å². The fourth-order valence-electron chi connectivity index (χ4n) is 2.38. The van der Waals surface area contributed by atoms with Gasteiger partial charge in [0.05, 0.1) is 6.61 Å². The van der Waals surface area contributed by atoms with Crippen molar-refractivity contribution in [3.8, 4) is 0 Å². The minimum absolute atomic E-state index is 0.157. The van der Waals surface area contributed by atoms with Crippen LogP contribution < -0.4 is 4.90 Å². The summed E-state index contributed by atoms with van der Waals surface area (Å²) in [6.45, 7) is 4.30. The summed E-state index contributed by atoms with van der Waals surface area (Å²) in [5.41, 5.74) is 0.404. The van der Waals surface area contributed by atoms with Crippen LogP contribution in [-0.4, -0.2) is 47.7 Å². The number of carbonyl (C=O) groups is 1. The highest BCUT2D eigenvalue weighted by atomic mass is 19.1. The number of likely N-dealkylation sites (N-methyl/N-ethyl adjacent to an activating group) is 1. The van der Waals surface area contributed by atoms with Crippen LogP contribution in [0.4, 0.5) is 10.1 Å². The number of hydrogen-bond donors (Lipinski definition) is 1. The fourth-order valence-corrected chi connectivity index (χ4v) is 2.38. The van der Waals surface area contributed by atoms with E-state index in [-0.39, 0.29) is 23.9 Å². The second-order valence-corrected chi connectivity index (χ2v) is 5.52. The fraction of sp³-hybridized carbons (Fsp3) is 0.500. The van der Waals surface area contributed by atoms with Gasteiger partial charge in [-0.1, -0.05) is 0 Å². The molecule has 1 aromatic carbocycles. The third-order valence-corrected chi connectivity index (χ3v) is 3.83. The lowest BCUT2D eigenvalue weighted by atomic mass is 9.95. The van der Waals surface area contributed by atoms with Crippen molar-refractivity contribution in [2.45, 2.75) is 25.4 Å². The average molecular weight is 266 g/mol. The number of nitrogens with zero attached hydrogens (tertiary/aromatic N) is 2. The van der Waals surface area contributed by atoms with E-state index < -0.39 is 6.04 Å². The third kappa shape index (κ3) is 2.48. The van der Waals surface area contributed by atoms with E-state index in [0.29, 0.717) is 12.2 Å². The molecule has 0 aromatic heterocycles. The Kier molecular flexibility index (Phi) is 3.60. The minimum atomic E-state index is -0.561. The first-order valence-electron chi connectivity index (χ1n) is 6.27. The zero-order valence-corrected chi connectivity index (χ0v) is 11.4. The summed E-state index contributed by atoms with van der Waals surface area (Å²) in [5.74, 6) is -0.487. The molecular weight excluding hydrogens is 247 g/mol. The number of aliphatic hydroxyl groups is 1. The number of rotatable bonds is 2. The number of carbonyl (C=O) groups excluding carboxylic acids is 1. The van der Waals surface area contributed by atoms with Crippen molar-refractivity contribution in [1.29, 1.82) is 0 Å². The van der Waals surface area contributed by atoms with E-state index in [4.69, 9.17) is 0 Å². The van der Waals surface area contributed by atoms with Crippen LogP contribution >= 0.6 is 0 Å². The number of aliphatic hydroxyl groups excluding tert-OH is 1. The molecule has 1 unspecified atom stereocenters. The highest BCUT2D eigenvalue weighted by Gasteiger charge is 2.43. The molecule has 1 aliphatic heterocycles. The molecule has 19 heavy (non-hydrogen) atoms. The predicted molar refractivity (Wildman–Crippen MR) is 71.5 cm³/mol. The molecule has 0 bridgehead atoms. The van der Waals surface area contributed by atoms with Crippen molar-refractivity contribution >= 4 is 11.6 Å². The topological polar surface area (TPSA) is 43.8 Å². The summed E-state index contributed by atoms with van der Waals surface area (Å²) in [6.07, 6.45) is 0. The van der Waals surface area contributed by atoms with Gasteiger partial charge in [0.15, 0.2) is 0 Å². The van der Waals surface area contributed by atoms with Gasteiger partial charge in [0.1, 0.15) is 11.9 Å². The van der Waals surface area contributed by atoms with Gasteiger partial charge in [0.25, 0.3) is 0 Å². The van der Waals surface area contributed by atoms with Crippen molar-refractivity contribution in [3.63, 3.8) is 0 Å². The third-order valence-electron chi connectivity index (χ3n) is 3.83. The molecule has 1 amide bonds. The molecule has 1 heterocycles. The van der Waals surface area contributed by atoms with Gasteiger partial charge in [0.2, 0.25) is 5.91 Å². The van der Waals surface area contributed by atoms with Crippen molar-refractivity contribution in [1.82, 2.24) is 4.90 Å². The van der Waals surface area contributed by atoms with Gasteiger partial charge in [-0.05, 0) is 45.2 Å². The lowest BCUT2D eigenvalue weighted by molar-refractivity contribution is -0.131. The first kappa shape index (κ1) is 14.0. The highest BCUT2D eigenvalue weighted by molar-refractivity contribution is 5.98. The molecule has 104 valence electrons. The summed E-state index contributed by atoms with van der Waals surface area (Å²) >= 11 is 0. The first-order valence-corrected chi connectivity index (χ1v) is 6.27. The lowest BCUT2D eigenvalue weighted by Crippen LogP contribution is -2.66. The van der Waals surface area contributed by atoms with E-state index in [1.165, 1.54) is 12.1 Å². The Morgan fingerprint density at radius 2 is 1.95 bits per heavy atom.